The van der Waals surface area contributed by atoms with Crippen LogP contribution in [0.5, 0.6) is 0 Å². The van der Waals surface area contributed by atoms with Gasteiger partial charge in [-0.3, -0.25) is 0 Å². The minimum Gasteiger partial charge on any atom is -0.444 e. The van der Waals surface area contributed by atoms with Crippen LogP contribution in [0.15, 0.2) is 41.7 Å². The van der Waals surface area contributed by atoms with E-state index < -0.39 is 5.60 Å². The molecule has 1 aliphatic heterocycles. The number of amides is 1. The number of carbonyl (C=O) groups is 1. The Labute approximate surface area is 195 Å². The van der Waals surface area contributed by atoms with Crippen LogP contribution >= 0.6 is 11.8 Å². The van der Waals surface area contributed by atoms with Gasteiger partial charge in [-0.1, -0.05) is 38.1 Å². The zero-order valence-corrected chi connectivity index (χ0v) is 20.5. The van der Waals surface area contributed by atoms with Gasteiger partial charge < -0.3 is 15.0 Å². The third kappa shape index (κ3) is 5.03. The molecule has 1 fully saturated rings. The van der Waals surface area contributed by atoms with Crippen molar-refractivity contribution >= 4 is 23.7 Å². The summed E-state index contributed by atoms with van der Waals surface area (Å²) in [6, 6.07) is 8.45. The van der Waals surface area contributed by atoms with E-state index in [-0.39, 0.29) is 17.6 Å². The number of benzene rings is 1. The predicted molar refractivity (Wildman–Crippen MR) is 129 cm³/mol. The van der Waals surface area contributed by atoms with Crippen LogP contribution < -0.4 is 10.2 Å². The highest BCUT2D eigenvalue weighted by Gasteiger charge is 2.48. The third-order valence-electron chi connectivity index (χ3n) is 6.24. The van der Waals surface area contributed by atoms with Crippen molar-refractivity contribution in [2.45, 2.75) is 75.8 Å². The fourth-order valence-corrected chi connectivity index (χ4v) is 5.58. The quantitative estimate of drug-likeness (QED) is 0.625. The Kier molecular flexibility index (Phi) is 6.39. The van der Waals surface area contributed by atoms with E-state index in [0.29, 0.717) is 5.25 Å². The van der Waals surface area contributed by atoms with Gasteiger partial charge in [0.25, 0.3) is 0 Å². The van der Waals surface area contributed by atoms with E-state index in [1.165, 1.54) is 11.1 Å². The van der Waals surface area contributed by atoms with E-state index in [4.69, 9.17) is 4.74 Å². The highest BCUT2D eigenvalue weighted by molar-refractivity contribution is 7.99. The summed E-state index contributed by atoms with van der Waals surface area (Å²) in [5.74, 6) is 0.931. The molecule has 1 aliphatic carbocycles. The first kappa shape index (κ1) is 22.9. The molecule has 1 aromatic heterocycles. The Morgan fingerprint density at radius 1 is 1.19 bits per heavy atom. The minimum absolute atomic E-state index is 0.00203. The number of thioether (sulfide) groups is 1. The number of nitrogens with one attached hydrogen (secondary N) is 1. The largest absolute Gasteiger partial charge is 0.444 e. The number of piperidine rings is 1. The normalized spacial score (nSPS) is 19.8. The fourth-order valence-electron chi connectivity index (χ4n) is 4.87. The lowest BCUT2D eigenvalue weighted by molar-refractivity contribution is 0.0428. The number of fused-ring (bicyclic) bond motifs is 1. The van der Waals surface area contributed by atoms with Gasteiger partial charge in [-0.2, -0.15) is 0 Å². The molecule has 1 aromatic carbocycles. The second kappa shape index (κ2) is 8.93. The summed E-state index contributed by atoms with van der Waals surface area (Å²) in [5.41, 5.74) is 2.04. The molecular weight excluding hydrogens is 420 g/mol. The Bertz CT molecular complexity index is 947. The standard InChI is InChI=1S/C25H34N4O2S/c1-17(2)32-21-16-26-20(15-27-21)29-12-10-25(11-13-29)14-18-8-6-7-9-19(18)22(25)28-23(30)31-24(3,4)5/h6-9,15-17,22H,10-14H2,1-5H3,(H,28,30)/t22-/m1/s1. The average Bonchev–Trinajstić information content (AvgIpc) is 3.00. The minimum atomic E-state index is -0.516. The van der Waals surface area contributed by atoms with Crippen molar-refractivity contribution in [1.82, 2.24) is 15.3 Å². The molecule has 1 spiro atoms. The van der Waals surface area contributed by atoms with Crippen molar-refractivity contribution in [1.29, 1.82) is 0 Å². The van der Waals surface area contributed by atoms with Crippen molar-refractivity contribution in [3.8, 4) is 0 Å². The molecule has 1 atom stereocenters. The molecule has 0 radical (unpaired) electrons. The number of nitrogens with zero attached hydrogens (tertiary/aromatic N) is 3. The number of hydrogen-bond donors (Lipinski definition) is 1. The summed E-state index contributed by atoms with van der Waals surface area (Å²) >= 11 is 1.73. The first-order chi connectivity index (χ1) is 15.2. The van der Waals surface area contributed by atoms with Crippen LogP contribution in [0.25, 0.3) is 0 Å². The number of anilines is 1. The van der Waals surface area contributed by atoms with E-state index in [1.807, 2.05) is 33.2 Å². The van der Waals surface area contributed by atoms with Crippen LogP contribution in [0.1, 0.15) is 64.6 Å². The second-order valence-corrected chi connectivity index (χ2v) is 11.8. The molecule has 1 saturated heterocycles. The predicted octanol–water partition coefficient (Wildman–Crippen LogP) is 5.39. The van der Waals surface area contributed by atoms with Crippen LogP contribution in [0, 0.1) is 5.41 Å². The van der Waals surface area contributed by atoms with Gasteiger partial charge in [0.05, 0.1) is 18.4 Å². The number of ether oxygens (including phenoxy) is 1. The fraction of sp³-hybridized carbons (Fsp3) is 0.560. The molecule has 0 bridgehead atoms. The maximum absolute atomic E-state index is 12.7. The van der Waals surface area contributed by atoms with Gasteiger partial charge >= 0.3 is 6.09 Å². The molecule has 0 unspecified atom stereocenters. The summed E-state index contributed by atoms with van der Waals surface area (Å²) in [7, 11) is 0. The maximum Gasteiger partial charge on any atom is 0.408 e. The lowest BCUT2D eigenvalue weighted by Crippen LogP contribution is -2.47. The van der Waals surface area contributed by atoms with Gasteiger partial charge in [0.1, 0.15) is 16.4 Å². The molecule has 0 saturated carbocycles. The molecule has 1 amide bonds. The molecule has 172 valence electrons. The van der Waals surface area contributed by atoms with Gasteiger partial charge in [-0.25, -0.2) is 14.8 Å². The summed E-state index contributed by atoms with van der Waals surface area (Å²) in [4.78, 5) is 24.3. The Morgan fingerprint density at radius 2 is 1.91 bits per heavy atom. The summed E-state index contributed by atoms with van der Waals surface area (Å²) in [5, 5.41) is 4.67. The maximum atomic E-state index is 12.7. The van der Waals surface area contributed by atoms with E-state index in [9.17, 15) is 4.79 Å². The molecule has 2 heterocycles. The highest BCUT2D eigenvalue weighted by Crippen LogP contribution is 2.52. The SMILES string of the molecule is CC(C)Sc1cnc(N2CCC3(CC2)Cc2ccccc2[C@H]3NC(=O)OC(C)(C)C)cn1. The highest BCUT2D eigenvalue weighted by atomic mass is 32.2. The molecule has 32 heavy (non-hydrogen) atoms. The van der Waals surface area contributed by atoms with Gasteiger partial charge in [0.2, 0.25) is 0 Å². The van der Waals surface area contributed by atoms with Gasteiger partial charge in [0.15, 0.2) is 0 Å². The van der Waals surface area contributed by atoms with E-state index >= 15 is 0 Å². The number of rotatable bonds is 4. The Hall–Kier alpha value is -2.28. The number of alkyl carbamates (subject to hydrolysis) is 1. The number of carbonyl (C=O) groups excluding carboxylic acids is 1. The van der Waals surface area contributed by atoms with E-state index in [2.05, 4.69) is 58.3 Å². The van der Waals surface area contributed by atoms with Crippen molar-refractivity contribution in [3.63, 3.8) is 0 Å². The topological polar surface area (TPSA) is 67.4 Å². The van der Waals surface area contributed by atoms with Crippen LogP contribution in [0.4, 0.5) is 10.6 Å². The zero-order chi connectivity index (χ0) is 22.9. The lowest BCUT2D eigenvalue weighted by Gasteiger charge is -2.43. The van der Waals surface area contributed by atoms with Crippen molar-refractivity contribution in [3.05, 3.63) is 47.8 Å². The average molecular weight is 455 g/mol. The molecule has 4 rings (SSSR count). The summed E-state index contributed by atoms with van der Waals surface area (Å²) < 4.78 is 5.60. The van der Waals surface area contributed by atoms with Crippen LogP contribution in [-0.2, 0) is 11.2 Å². The van der Waals surface area contributed by atoms with Gasteiger partial charge in [-0.15, -0.1) is 11.8 Å². The van der Waals surface area contributed by atoms with Gasteiger partial charge in [0, 0.05) is 23.8 Å². The summed E-state index contributed by atoms with van der Waals surface area (Å²) in [6.45, 7) is 11.8. The first-order valence-corrected chi connectivity index (χ1v) is 12.3. The summed E-state index contributed by atoms with van der Waals surface area (Å²) in [6.07, 6.45) is 6.36. The zero-order valence-electron chi connectivity index (χ0n) is 19.7. The monoisotopic (exact) mass is 454 g/mol. The molecule has 7 heteroatoms. The van der Waals surface area contributed by atoms with Crippen molar-refractivity contribution in [2.75, 3.05) is 18.0 Å². The van der Waals surface area contributed by atoms with Gasteiger partial charge in [-0.05, 0) is 51.2 Å². The molecule has 6 nitrogen and oxygen atoms in total. The molecular formula is C25H34N4O2S. The number of aromatic nitrogens is 2. The van der Waals surface area contributed by atoms with E-state index in [1.54, 1.807) is 11.8 Å². The molecule has 2 aromatic rings. The van der Waals surface area contributed by atoms with Crippen molar-refractivity contribution < 1.29 is 9.53 Å². The Morgan fingerprint density at radius 3 is 2.53 bits per heavy atom. The second-order valence-electron chi connectivity index (χ2n) is 10.2. The molecule has 2 aliphatic rings. The Balaban J connectivity index is 1.48. The number of hydrogen-bond acceptors (Lipinski definition) is 6. The van der Waals surface area contributed by atoms with Crippen LogP contribution in [0.3, 0.4) is 0 Å². The van der Waals surface area contributed by atoms with E-state index in [0.717, 1.165) is 43.2 Å². The van der Waals surface area contributed by atoms with Crippen LogP contribution in [0.2, 0.25) is 0 Å². The first-order valence-electron chi connectivity index (χ1n) is 11.5. The molecule has 1 N–H and O–H groups in total. The van der Waals surface area contributed by atoms with Crippen molar-refractivity contribution in [2.24, 2.45) is 5.41 Å². The van der Waals surface area contributed by atoms with Crippen LogP contribution in [-0.4, -0.2) is 40.0 Å². The smallest absolute Gasteiger partial charge is 0.408 e. The third-order valence-corrected chi connectivity index (χ3v) is 7.16. The lowest BCUT2D eigenvalue weighted by atomic mass is 9.72.